The Kier molecular flexibility index (Phi) is 6.42. The fraction of sp³-hybridized carbons (Fsp3) is 0.417. The summed E-state index contributed by atoms with van der Waals surface area (Å²) in [5.74, 6) is -0.211. The number of anilines is 1. The number of pyridine rings is 1. The van der Waals surface area contributed by atoms with Crippen molar-refractivity contribution < 1.29 is 9.59 Å². The molecule has 0 atom stereocenters. The number of hydrogen-bond acceptors (Lipinski definition) is 4. The van der Waals surface area contributed by atoms with Gasteiger partial charge in [-0.3, -0.25) is 14.6 Å². The van der Waals surface area contributed by atoms with E-state index in [1.54, 1.807) is 24.5 Å². The molecule has 6 heteroatoms. The van der Waals surface area contributed by atoms with Crippen LogP contribution in [-0.4, -0.2) is 29.9 Å². The summed E-state index contributed by atoms with van der Waals surface area (Å²) in [6.45, 7) is 0.830. The van der Waals surface area contributed by atoms with E-state index in [0.29, 0.717) is 31.6 Å². The van der Waals surface area contributed by atoms with Gasteiger partial charge in [0.1, 0.15) is 0 Å². The van der Waals surface area contributed by atoms with Crippen LogP contribution in [0.15, 0.2) is 24.5 Å². The van der Waals surface area contributed by atoms with Gasteiger partial charge < -0.3 is 16.4 Å². The predicted octanol–water partition coefficient (Wildman–Crippen LogP) is 0.265. The summed E-state index contributed by atoms with van der Waals surface area (Å²) in [5.41, 5.74) is 5.99. The topological polar surface area (TPSA) is 97.1 Å². The van der Waals surface area contributed by atoms with Crippen molar-refractivity contribution in [2.24, 2.45) is 5.73 Å². The van der Waals surface area contributed by atoms with E-state index in [4.69, 9.17) is 5.73 Å². The summed E-state index contributed by atoms with van der Waals surface area (Å²) < 4.78 is 0. The van der Waals surface area contributed by atoms with Crippen molar-refractivity contribution in [3.63, 3.8) is 0 Å². The lowest BCUT2D eigenvalue weighted by molar-refractivity contribution is -0.121. The Morgan fingerprint density at radius 3 is 2.56 bits per heavy atom. The molecule has 0 aliphatic carbocycles. The third-order valence-corrected chi connectivity index (χ3v) is 2.25. The molecule has 0 spiro atoms. The Bertz CT molecular complexity index is 381. The lowest BCUT2D eigenvalue weighted by Gasteiger charge is -2.06. The van der Waals surface area contributed by atoms with Gasteiger partial charge in [0.2, 0.25) is 11.8 Å². The molecule has 0 saturated carbocycles. The molecule has 98 valence electrons. The zero-order valence-corrected chi connectivity index (χ0v) is 10.2. The van der Waals surface area contributed by atoms with Crippen LogP contribution in [0.4, 0.5) is 5.69 Å². The van der Waals surface area contributed by atoms with Crippen LogP contribution in [0, 0.1) is 0 Å². The Hall–Kier alpha value is -1.95. The van der Waals surface area contributed by atoms with Gasteiger partial charge in [-0.05, 0) is 25.1 Å². The second-order valence-corrected chi connectivity index (χ2v) is 3.78. The molecule has 1 aromatic rings. The number of aromatic nitrogens is 1. The second-order valence-electron chi connectivity index (χ2n) is 3.78. The van der Waals surface area contributed by atoms with Gasteiger partial charge in [0.15, 0.2) is 0 Å². The first-order chi connectivity index (χ1) is 8.72. The molecule has 0 aromatic carbocycles. The highest BCUT2D eigenvalue weighted by atomic mass is 16.2. The molecule has 1 heterocycles. The van der Waals surface area contributed by atoms with Crippen LogP contribution in [0.3, 0.4) is 0 Å². The number of carbonyl (C=O) groups excluding carboxylic acids is 2. The standard InChI is InChI=1S/C12H18N4O2/c13-6-1-2-11(17)15-9-5-12(18)16-10-3-7-14-8-4-10/h3-4,7-8H,1-2,5-6,9,13H2,(H,15,17)(H,14,16,18). The fourth-order valence-electron chi connectivity index (χ4n) is 1.33. The molecular formula is C12H18N4O2. The SMILES string of the molecule is NCCCC(=O)NCCC(=O)Nc1ccncc1. The summed E-state index contributed by atoms with van der Waals surface area (Å²) in [6, 6.07) is 3.41. The number of nitrogens with zero attached hydrogens (tertiary/aromatic N) is 1. The Morgan fingerprint density at radius 2 is 1.89 bits per heavy atom. The van der Waals surface area contributed by atoms with Gasteiger partial charge in [0.25, 0.3) is 0 Å². The molecule has 0 unspecified atom stereocenters. The van der Waals surface area contributed by atoms with E-state index in [1.807, 2.05) is 0 Å². The molecule has 0 saturated heterocycles. The Morgan fingerprint density at radius 1 is 1.17 bits per heavy atom. The third kappa shape index (κ3) is 5.95. The highest BCUT2D eigenvalue weighted by Gasteiger charge is 2.04. The molecule has 0 fully saturated rings. The van der Waals surface area contributed by atoms with Gasteiger partial charge in [-0.1, -0.05) is 0 Å². The van der Waals surface area contributed by atoms with Crippen molar-refractivity contribution in [2.75, 3.05) is 18.4 Å². The molecular weight excluding hydrogens is 232 g/mol. The summed E-state index contributed by atoms with van der Waals surface area (Å²) >= 11 is 0. The predicted molar refractivity (Wildman–Crippen MR) is 68.8 cm³/mol. The smallest absolute Gasteiger partial charge is 0.226 e. The molecule has 4 N–H and O–H groups in total. The van der Waals surface area contributed by atoms with Crippen molar-refractivity contribution in [3.05, 3.63) is 24.5 Å². The van der Waals surface area contributed by atoms with Crippen molar-refractivity contribution >= 4 is 17.5 Å². The van der Waals surface area contributed by atoms with Crippen LogP contribution in [0.5, 0.6) is 0 Å². The first kappa shape index (κ1) is 14.1. The molecule has 1 rings (SSSR count). The quantitative estimate of drug-likeness (QED) is 0.647. The van der Waals surface area contributed by atoms with Crippen molar-refractivity contribution in [2.45, 2.75) is 19.3 Å². The van der Waals surface area contributed by atoms with E-state index < -0.39 is 0 Å². The third-order valence-electron chi connectivity index (χ3n) is 2.25. The number of nitrogens with two attached hydrogens (primary N) is 1. The largest absolute Gasteiger partial charge is 0.356 e. The Labute approximate surface area is 106 Å². The van der Waals surface area contributed by atoms with Gasteiger partial charge in [0.05, 0.1) is 0 Å². The van der Waals surface area contributed by atoms with Gasteiger partial charge >= 0.3 is 0 Å². The monoisotopic (exact) mass is 250 g/mol. The van der Waals surface area contributed by atoms with Crippen molar-refractivity contribution in [3.8, 4) is 0 Å². The normalized spacial score (nSPS) is 9.83. The minimum atomic E-state index is -0.139. The molecule has 0 aliphatic rings. The van der Waals surface area contributed by atoms with Gasteiger partial charge in [0, 0.05) is 37.5 Å². The van der Waals surface area contributed by atoms with E-state index in [9.17, 15) is 9.59 Å². The maximum Gasteiger partial charge on any atom is 0.226 e. The van der Waals surface area contributed by atoms with Crippen LogP contribution in [0.1, 0.15) is 19.3 Å². The van der Waals surface area contributed by atoms with E-state index in [-0.39, 0.29) is 18.2 Å². The van der Waals surface area contributed by atoms with Crippen molar-refractivity contribution in [1.82, 2.24) is 10.3 Å². The maximum atomic E-state index is 11.5. The summed E-state index contributed by atoms with van der Waals surface area (Å²) in [5, 5.41) is 5.38. The molecule has 0 bridgehead atoms. The van der Waals surface area contributed by atoms with Gasteiger partial charge in [-0.25, -0.2) is 0 Å². The lowest BCUT2D eigenvalue weighted by Crippen LogP contribution is -2.27. The average Bonchev–Trinajstić information content (AvgIpc) is 2.37. The minimum Gasteiger partial charge on any atom is -0.356 e. The van der Waals surface area contributed by atoms with Gasteiger partial charge in [-0.15, -0.1) is 0 Å². The van der Waals surface area contributed by atoms with Gasteiger partial charge in [-0.2, -0.15) is 0 Å². The maximum absolute atomic E-state index is 11.5. The number of nitrogens with one attached hydrogen (secondary N) is 2. The highest BCUT2D eigenvalue weighted by Crippen LogP contribution is 2.03. The number of hydrogen-bond donors (Lipinski definition) is 3. The van der Waals surface area contributed by atoms with E-state index in [2.05, 4.69) is 15.6 Å². The zero-order valence-electron chi connectivity index (χ0n) is 10.2. The summed E-state index contributed by atoms with van der Waals surface area (Å²) in [6.07, 6.45) is 4.52. The van der Waals surface area contributed by atoms with Crippen LogP contribution >= 0.6 is 0 Å². The minimum absolute atomic E-state index is 0.0721. The van der Waals surface area contributed by atoms with Crippen LogP contribution < -0.4 is 16.4 Å². The number of amides is 2. The fourth-order valence-corrected chi connectivity index (χ4v) is 1.33. The zero-order chi connectivity index (χ0) is 13.2. The summed E-state index contributed by atoms with van der Waals surface area (Å²) in [7, 11) is 0. The highest BCUT2D eigenvalue weighted by molar-refractivity contribution is 5.91. The molecule has 0 radical (unpaired) electrons. The van der Waals surface area contributed by atoms with Crippen LogP contribution in [-0.2, 0) is 9.59 Å². The lowest BCUT2D eigenvalue weighted by atomic mass is 10.3. The van der Waals surface area contributed by atoms with E-state index >= 15 is 0 Å². The first-order valence-electron chi connectivity index (χ1n) is 5.89. The Balaban J connectivity index is 2.16. The molecule has 6 nitrogen and oxygen atoms in total. The molecule has 2 amide bonds. The van der Waals surface area contributed by atoms with Crippen molar-refractivity contribution in [1.29, 1.82) is 0 Å². The molecule has 18 heavy (non-hydrogen) atoms. The van der Waals surface area contributed by atoms with E-state index in [1.165, 1.54) is 0 Å². The first-order valence-corrected chi connectivity index (χ1v) is 5.89. The molecule has 1 aromatic heterocycles. The summed E-state index contributed by atoms with van der Waals surface area (Å²) in [4.78, 5) is 26.6. The molecule has 0 aliphatic heterocycles. The van der Waals surface area contributed by atoms with Crippen LogP contribution in [0.2, 0.25) is 0 Å². The van der Waals surface area contributed by atoms with E-state index in [0.717, 1.165) is 0 Å². The number of carbonyl (C=O) groups is 2. The average molecular weight is 250 g/mol. The van der Waals surface area contributed by atoms with Crippen LogP contribution in [0.25, 0.3) is 0 Å². The number of rotatable bonds is 7. The second kappa shape index (κ2) is 8.19.